The Kier molecular flexibility index (Phi) is 1.72. The molecule has 2 rings (SSSR count). The van der Waals surface area contributed by atoms with E-state index in [0.29, 0.717) is 12.0 Å². The zero-order valence-electron chi connectivity index (χ0n) is 7.87. The Morgan fingerprint density at radius 2 is 2.17 bits per heavy atom. The summed E-state index contributed by atoms with van der Waals surface area (Å²) < 4.78 is 5.62. The number of nitrogens with one attached hydrogen (secondary N) is 1. The third-order valence-corrected chi connectivity index (χ3v) is 3.34. The predicted octanol–water partition coefficient (Wildman–Crippen LogP) is 0.685. The second-order valence-electron chi connectivity index (χ2n) is 4.35. The minimum atomic E-state index is -0.741. The van der Waals surface area contributed by atoms with Crippen molar-refractivity contribution < 1.29 is 9.84 Å². The summed E-state index contributed by atoms with van der Waals surface area (Å²) in [5.74, 6) is 0.766. The topological polar surface area (TPSA) is 41.5 Å². The minimum absolute atomic E-state index is 0.0741. The monoisotopic (exact) mass is 171 g/mol. The highest BCUT2D eigenvalue weighted by atomic mass is 16.5. The van der Waals surface area contributed by atoms with E-state index >= 15 is 0 Å². The minimum Gasteiger partial charge on any atom is -0.376 e. The number of hydrogen-bond acceptors (Lipinski definition) is 3. The fraction of sp³-hybridized carbons (Fsp3) is 1.00. The molecule has 0 unspecified atom stereocenters. The van der Waals surface area contributed by atoms with Gasteiger partial charge in [-0.25, -0.2) is 0 Å². The molecular formula is C9H17NO2. The van der Waals surface area contributed by atoms with Crippen molar-refractivity contribution in [3.63, 3.8) is 0 Å². The Balaban J connectivity index is 2.14. The maximum Gasteiger partial charge on any atom is 0.118 e. The molecule has 0 aromatic rings. The molecule has 0 amide bonds. The summed E-state index contributed by atoms with van der Waals surface area (Å²) in [5, 5.41) is 13.0. The second-order valence-corrected chi connectivity index (χ2v) is 4.35. The third-order valence-electron chi connectivity index (χ3n) is 3.34. The summed E-state index contributed by atoms with van der Waals surface area (Å²) >= 11 is 0. The van der Waals surface area contributed by atoms with Crippen molar-refractivity contribution >= 4 is 0 Å². The molecule has 0 saturated carbocycles. The van der Waals surface area contributed by atoms with Crippen LogP contribution in [0.2, 0.25) is 0 Å². The van der Waals surface area contributed by atoms with E-state index in [1.165, 1.54) is 0 Å². The van der Waals surface area contributed by atoms with Crippen molar-refractivity contribution in [1.29, 1.82) is 0 Å². The van der Waals surface area contributed by atoms with Crippen LogP contribution in [0.5, 0.6) is 0 Å². The number of rotatable bonds is 0. The Hall–Kier alpha value is -0.120. The lowest BCUT2D eigenvalue weighted by atomic mass is 9.88. The molecule has 2 saturated heterocycles. The van der Waals surface area contributed by atoms with Gasteiger partial charge in [0.05, 0.1) is 6.10 Å². The molecule has 70 valence electrons. The van der Waals surface area contributed by atoms with E-state index < -0.39 is 5.72 Å². The molecule has 0 spiro atoms. The van der Waals surface area contributed by atoms with E-state index in [-0.39, 0.29) is 12.1 Å². The van der Waals surface area contributed by atoms with E-state index in [4.69, 9.17) is 4.74 Å². The van der Waals surface area contributed by atoms with E-state index in [9.17, 15) is 5.11 Å². The summed E-state index contributed by atoms with van der Waals surface area (Å²) in [6.07, 6.45) is 1.48. The molecule has 2 heterocycles. The van der Waals surface area contributed by atoms with Gasteiger partial charge in [0.15, 0.2) is 0 Å². The maximum absolute atomic E-state index is 9.86. The van der Waals surface area contributed by atoms with Crippen LogP contribution in [0.25, 0.3) is 0 Å². The highest BCUT2D eigenvalue weighted by Gasteiger charge is 2.51. The fourth-order valence-electron chi connectivity index (χ4n) is 2.36. The molecule has 0 radical (unpaired) electrons. The second kappa shape index (κ2) is 2.44. The average molecular weight is 171 g/mol. The molecule has 2 N–H and O–H groups in total. The lowest BCUT2D eigenvalue weighted by Crippen LogP contribution is -2.44. The fourth-order valence-corrected chi connectivity index (χ4v) is 2.36. The largest absolute Gasteiger partial charge is 0.376 e. The molecule has 12 heavy (non-hydrogen) atoms. The summed E-state index contributed by atoms with van der Waals surface area (Å²) in [5.41, 5.74) is -0.741. The van der Waals surface area contributed by atoms with Crippen molar-refractivity contribution in [2.75, 3.05) is 0 Å². The van der Waals surface area contributed by atoms with E-state index in [2.05, 4.69) is 19.2 Å². The molecule has 2 fully saturated rings. The first-order chi connectivity index (χ1) is 5.50. The van der Waals surface area contributed by atoms with Crippen molar-refractivity contribution in [2.45, 2.75) is 45.2 Å². The molecular weight excluding hydrogens is 154 g/mol. The average Bonchev–Trinajstić information content (AvgIpc) is 2.35. The Bertz CT molecular complexity index is 193. The van der Waals surface area contributed by atoms with Gasteiger partial charge >= 0.3 is 0 Å². The zero-order chi connectivity index (χ0) is 8.93. The van der Waals surface area contributed by atoms with Gasteiger partial charge in [-0.15, -0.1) is 0 Å². The molecule has 3 heteroatoms. The Labute approximate surface area is 73.1 Å². The SMILES string of the molecule is C[C@H]1C[C@H]2[C@H](N[C@@](C)(O)[C@H]2C)O1. The van der Waals surface area contributed by atoms with Gasteiger partial charge in [0, 0.05) is 11.8 Å². The molecule has 0 aromatic heterocycles. The van der Waals surface area contributed by atoms with Crippen LogP contribution in [0.3, 0.4) is 0 Å². The van der Waals surface area contributed by atoms with Gasteiger partial charge in [-0.2, -0.15) is 0 Å². The molecule has 0 aliphatic carbocycles. The van der Waals surface area contributed by atoms with Gasteiger partial charge in [-0.05, 0) is 20.3 Å². The molecule has 0 aromatic carbocycles. The van der Waals surface area contributed by atoms with Crippen molar-refractivity contribution in [2.24, 2.45) is 11.8 Å². The normalized spacial score (nSPS) is 59.0. The highest BCUT2D eigenvalue weighted by Crippen LogP contribution is 2.41. The number of ether oxygens (including phenoxy) is 1. The Morgan fingerprint density at radius 3 is 2.75 bits per heavy atom. The zero-order valence-corrected chi connectivity index (χ0v) is 7.87. The maximum atomic E-state index is 9.86. The van der Waals surface area contributed by atoms with Crippen molar-refractivity contribution in [3.05, 3.63) is 0 Å². The van der Waals surface area contributed by atoms with Crippen molar-refractivity contribution in [1.82, 2.24) is 5.32 Å². The van der Waals surface area contributed by atoms with Crippen LogP contribution >= 0.6 is 0 Å². The first-order valence-corrected chi connectivity index (χ1v) is 4.66. The number of hydrogen-bond donors (Lipinski definition) is 2. The van der Waals surface area contributed by atoms with Crippen LogP contribution in [0, 0.1) is 11.8 Å². The molecule has 5 atom stereocenters. The van der Waals surface area contributed by atoms with E-state index in [1.54, 1.807) is 0 Å². The third kappa shape index (κ3) is 1.08. The predicted molar refractivity (Wildman–Crippen MR) is 45.4 cm³/mol. The smallest absolute Gasteiger partial charge is 0.118 e. The van der Waals surface area contributed by atoms with Crippen molar-refractivity contribution in [3.8, 4) is 0 Å². The lowest BCUT2D eigenvalue weighted by Gasteiger charge is -2.25. The quantitative estimate of drug-likeness (QED) is 0.563. The molecule has 0 bridgehead atoms. The van der Waals surface area contributed by atoms with Crippen LogP contribution < -0.4 is 5.32 Å². The number of fused-ring (bicyclic) bond motifs is 1. The Morgan fingerprint density at radius 1 is 1.50 bits per heavy atom. The van der Waals surface area contributed by atoms with Gasteiger partial charge in [0.25, 0.3) is 0 Å². The van der Waals surface area contributed by atoms with Gasteiger partial charge in [0.2, 0.25) is 0 Å². The van der Waals surface area contributed by atoms with E-state index in [1.807, 2.05) is 6.92 Å². The number of aliphatic hydroxyl groups is 1. The van der Waals surface area contributed by atoms with Gasteiger partial charge in [-0.1, -0.05) is 6.92 Å². The summed E-state index contributed by atoms with van der Waals surface area (Å²) in [6, 6.07) is 0. The van der Waals surface area contributed by atoms with Crippen LogP contribution in [0.1, 0.15) is 27.2 Å². The van der Waals surface area contributed by atoms with Crippen LogP contribution in [0.4, 0.5) is 0 Å². The summed E-state index contributed by atoms with van der Waals surface area (Å²) in [7, 11) is 0. The van der Waals surface area contributed by atoms with Gasteiger partial charge in [-0.3, -0.25) is 5.32 Å². The highest BCUT2D eigenvalue weighted by molar-refractivity contribution is 4.97. The molecule has 2 aliphatic rings. The van der Waals surface area contributed by atoms with E-state index in [0.717, 1.165) is 6.42 Å². The molecule has 3 nitrogen and oxygen atoms in total. The molecule has 2 aliphatic heterocycles. The summed E-state index contributed by atoms with van der Waals surface area (Å²) in [4.78, 5) is 0. The van der Waals surface area contributed by atoms with Crippen LogP contribution in [-0.4, -0.2) is 23.2 Å². The lowest BCUT2D eigenvalue weighted by molar-refractivity contribution is -0.0392. The first-order valence-electron chi connectivity index (χ1n) is 4.66. The summed E-state index contributed by atoms with van der Waals surface area (Å²) in [6.45, 7) is 5.99. The standard InChI is InChI=1S/C9H17NO2/c1-5-4-7-6(2)9(3,11)10-8(7)12-5/h5-8,10-11H,4H2,1-3H3/t5-,6-,7+,8+,9-/m0/s1. The van der Waals surface area contributed by atoms with Crippen LogP contribution in [0.15, 0.2) is 0 Å². The van der Waals surface area contributed by atoms with Gasteiger partial charge in [0.1, 0.15) is 12.0 Å². The first kappa shape index (κ1) is 8.48. The van der Waals surface area contributed by atoms with Gasteiger partial charge < -0.3 is 9.84 Å². The van der Waals surface area contributed by atoms with Crippen LogP contribution in [-0.2, 0) is 4.74 Å².